The van der Waals surface area contributed by atoms with Crippen LogP contribution in [-0.2, 0) is 25.1 Å². The van der Waals surface area contributed by atoms with Gasteiger partial charge in [0.2, 0.25) is 0 Å². The van der Waals surface area contributed by atoms with E-state index in [-0.39, 0.29) is 5.56 Å². The summed E-state index contributed by atoms with van der Waals surface area (Å²) in [6.07, 6.45) is 1.76. The lowest BCUT2D eigenvalue weighted by Crippen LogP contribution is -2.22. The predicted molar refractivity (Wildman–Crippen MR) is 99.8 cm³/mol. The van der Waals surface area contributed by atoms with Gasteiger partial charge in [0.1, 0.15) is 6.73 Å². The monoisotopic (exact) mass is 348 g/mol. The summed E-state index contributed by atoms with van der Waals surface area (Å²) in [5.74, 6) is 0. The number of hydrogen-bond donors (Lipinski definition) is 1. The van der Waals surface area contributed by atoms with Crippen LogP contribution in [0.15, 0.2) is 29.2 Å². The molecular formula is C17H28N4O2Si. The molecule has 132 valence electrons. The second kappa shape index (κ2) is 7.91. The van der Waals surface area contributed by atoms with Gasteiger partial charge in [-0.25, -0.2) is 4.68 Å². The Morgan fingerprint density at radius 2 is 2.04 bits per heavy atom. The Labute approximate surface area is 144 Å². The second-order valence-electron chi connectivity index (χ2n) is 7.26. The highest BCUT2D eigenvalue weighted by Gasteiger charge is 2.13. The van der Waals surface area contributed by atoms with Crippen LogP contribution in [0.25, 0.3) is 11.3 Å². The highest BCUT2D eigenvalue weighted by atomic mass is 28.3. The maximum absolute atomic E-state index is 11.8. The van der Waals surface area contributed by atoms with Crippen molar-refractivity contribution in [3.05, 3.63) is 40.4 Å². The third-order valence-corrected chi connectivity index (χ3v) is 5.54. The molecule has 0 saturated carbocycles. The molecule has 2 aromatic rings. The van der Waals surface area contributed by atoms with Gasteiger partial charge in [-0.15, -0.1) is 0 Å². The predicted octanol–water partition coefficient (Wildman–Crippen LogP) is 2.28. The fourth-order valence-electron chi connectivity index (χ4n) is 2.27. The van der Waals surface area contributed by atoms with Crippen LogP contribution in [0.1, 0.15) is 5.69 Å². The number of nitrogens with zero attached hydrogens (tertiary/aromatic N) is 3. The normalized spacial score (nSPS) is 11.9. The van der Waals surface area contributed by atoms with Gasteiger partial charge in [0.15, 0.2) is 0 Å². The third kappa shape index (κ3) is 5.15. The van der Waals surface area contributed by atoms with Crippen molar-refractivity contribution >= 4 is 8.07 Å². The molecule has 0 atom stereocenters. The fourth-order valence-corrected chi connectivity index (χ4v) is 3.03. The van der Waals surface area contributed by atoms with Crippen molar-refractivity contribution in [1.29, 1.82) is 0 Å². The number of pyridine rings is 1. The topological polar surface area (TPSA) is 61.1 Å². The van der Waals surface area contributed by atoms with Gasteiger partial charge in [-0.2, -0.15) is 5.10 Å². The maximum Gasteiger partial charge on any atom is 0.250 e. The van der Waals surface area contributed by atoms with Crippen LogP contribution >= 0.6 is 0 Å². The summed E-state index contributed by atoms with van der Waals surface area (Å²) in [5, 5.41) is 7.77. The first-order valence-corrected chi connectivity index (χ1v) is 12.0. The van der Waals surface area contributed by atoms with E-state index in [1.807, 2.05) is 23.9 Å². The first-order chi connectivity index (χ1) is 11.3. The molecule has 2 heterocycles. The second-order valence-corrected chi connectivity index (χ2v) is 12.9. The van der Waals surface area contributed by atoms with E-state index >= 15 is 0 Å². The van der Waals surface area contributed by atoms with Crippen LogP contribution in [-0.4, -0.2) is 36.1 Å². The molecule has 0 amide bonds. The first-order valence-electron chi connectivity index (χ1n) is 8.26. The highest BCUT2D eigenvalue weighted by Crippen LogP contribution is 2.18. The quantitative estimate of drug-likeness (QED) is 0.587. The van der Waals surface area contributed by atoms with Crippen molar-refractivity contribution in [3.8, 4) is 11.3 Å². The summed E-state index contributed by atoms with van der Waals surface area (Å²) >= 11 is 0. The lowest BCUT2D eigenvalue weighted by Gasteiger charge is -2.15. The number of aryl methyl sites for hydroxylation is 1. The van der Waals surface area contributed by atoms with Gasteiger partial charge in [0, 0.05) is 46.1 Å². The Kier molecular flexibility index (Phi) is 6.14. The van der Waals surface area contributed by atoms with Gasteiger partial charge in [0.05, 0.1) is 11.4 Å². The average molecular weight is 349 g/mol. The smallest absolute Gasteiger partial charge is 0.250 e. The molecule has 0 aliphatic heterocycles. The molecule has 0 aliphatic rings. The van der Waals surface area contributed by atoms with Gasteiger partial charge in [-0.3, -0.25) is 4.79 Å². The molecular weight excluding hydrogens is 320 g/mol. The average Bonchev–Trinajstić information content (AvgIpc) is 2.89. The van der Waals surface area contributed by atoms with Crippen LogP contribution in [0.5, 0.6) is 0 Å². The standard InChI is InChI=1S/C17H28N4O2Si/c1-18-12-15-11-16(14-6-7-20(2)17(22)10-14)19-21(15)13-23-8-9-24(3,4)5/h6-7,10-11,18H,8-9,12-13H2,1-5H3. The molecule has 2 rings (SSSR count). The minimum absolute atomic E-state index is 0.0383. The van der Waals surface area contributed by atoms with Crippen molar-refractivity contribution in [2.24, 2.45) is 7.05 Å². The van der Waals surface area contributed by atoms with Crippen LogP contribution in [0.4, 0.5) is 0 Å². The van der Waals surface area contributed by atoms with E-state index in [0.717, 1.165) is 29.6 Å². The number of ether oxygens (including phenoxy) is 1. The minimum Gasteiger partial charge on any atom is -0.360 e. The molecule has 0 saturated heterocycles. The Hall–Kier alpha value is -1.70. The zero-order valence-corrected chi connectivity index (χ0v) is 16.3. The Bertz CT molecular complexity index is 731. The van der Waals surface area contributed by atoms with Crippen molar-refractivity contribution in [2.75, 3.05) is 13.7 Å². The molecule has 7 heteroatoms. The van der Waals surface area contributed by atoms with Gasteiger partial charge in [-0.1, -0.05) is 19.6 Å². The Balaban J connectivity index is 2.14. The highest BCUT2D eigenvalue weighted by molar-refractivity contribution is 6.76. The molecule has 0 aliphatic carbocycles. The molecule has 6 nitrogen and oxygen atoms in total. The molecule has 0 unspecified atom stereocenters. The summed E-state index contributed by atoms with van der Waals surface area (Å²) in [5.41, 5.74) is 2.63. The molecule has 1 N–H and O–H groups in total. The first kappa shape index (κ1) is 18.6. The van der Waals surface area contributed by atoms with Gasteiger partial charge < -0.3 is 14.6 Å². The zero-order chi connectivity index (χ0) is 17.7. The number of hydrogen-bond acceptors (Lipinski definition) is 4. The summed E-state index contributed by atoms with van der Waals surface area (Å²) < 4.78 is 9.24. The van der Waals surface area contributed by atoms with E-state index in [0.29, 0.717) is 13.3 Å². The Morgan fingerprint density at radius 3 is 2.67 bits per heavy atom. The molecule has 0 bridgehead atoms. The van der Waals surface area contributed by atoms with E-state index in [1.165, 1.54) is 0 Å². The van der Waals surface area contributed by atoms with E-state index in [2.05, 4.69) is 30.1 Å². The number of nitrogens with one attached hydrogen (secondary N) is 1. The molecule has 0 spiro atoms. The van der Waals surface area contributed by atoms with Gasteiger partial charge >= 0.3 is 0 Å². The van der Waals surface area contributed by atoms with E-state index in [4.69, 9.17) is 4.74 Å². The van der Waals surface area contributed by atoms with Crippen LogP contribution in [0.2, 0.25) is 25.7 Å². The summed E-state index contributed by atoms with van der Waals surface area (Å²) in [6.45, 7) is 8.91. The summed E-state index contributed by atoms with van der Waals surface area (Å²) in [7, 11) is 2.56. The Morgan fingerprint density at radius 1 is 1.29 bits per heavy atom. The van der Waals surface area contributed by atoms with E-state index in [9.17, 15) is 4.79 Å². The summed E-state index contributed by atoms with van der Waals surface area (Å²) in [4.78, 5) is 11.8. The minimum atomic E-state index is -1.09. The van der Waals surface area contributed by atoms with E-state index in [1.54, 1.807) is 23.9 Å². The fraction of sp³-hybridized carbons (Fsp3) is 0.529. The van der Waals surface area contributed by atoms with Crippen molar-refractivity contribution in [3.63, 3.8) is 0 Å². The zero-order valence-electron chi connectivity index (χ0n) is 15.3. The van der Waals surface area contributed by atoms with Crippen LogP contribution in [0, 0.1) is 0 Å². The number of rotatable bonds is 8. The van der Waals surface area contributed by atoms with Gasteiger partial charge in [-0.05, 0) is 25.2 Å². The lowest BCUT2D eigenvalue weighted by molar-refractivity contribution is 0.0764. The van der Waals surface area contributed by atoms with Crippen LogP contribution in [0.3, 0.4) is 0 Å². The third-order valence-electron chi connectivity index (χ3n) is 3.83. The lowest BCUT2D eigenvalue weighted by atomic mass is 10.2. The molecule has 0 fully saturated rings. The molecule has 2 aromatic heterocycles. The summed E-state index contributed by atoms with van der Waals surface area (Å²) in [6, 6.07) is 6.66. The SMILES string of the molecule is CNCc1cc(-c2ccn(C)c(=O)c2)nn1COCC[Si](C)(C)C. The van der Waals surface area contributed by atoms with E-state index < -0.39 is 8.07 Å². The molecule has 0 radical (unpaired) electrons. The van der Waals surface area contributed by atoms with Gasteiger partial charge in [0.25, 0.3) is 5.56 Å². The molecule has 0 aromatic carbocycles. The van der Waals surface area contributed by atoms with Crippen molar-refractivity contribution in [1.82, 2.24) is 19.7 Å². The van der Waals surface area contributed by atoms with Crippen LogP contribution < -0.4 is 10.9 Å². The van der Waals surface area contributed by atoms with Crippen molar-refractivity contribution < 1.29 is 4.74 Å². The molecule has 24 heavy (non-hydrogen) atoms. The number of aromatic nitrogens is 3. The van der Waals surface area contributed by atoms with Crippen molar-refractivity contribution in [2.45, 2.75) is 39.0 Å². The maximum atomic E-state index is 11.8. The largest absolute Gasteiger partial charge is 0.360 e.